The molecule has 0 saturated heterocycles. The van der Waals surface area contributed by atoms with Gasteiger partial charge in [-0.15, -0.1) is 0 Å². The smallest absolute Gasteiger partial charge is 0.303 e. The van der Waals surface area contributed by atoms with Gasteiger partial charge in [-0.2, -0.15) is 0 Å². The van der Waals surface area contributed by atoms with Gasteiger partial charge in [-0.25, -0.2) is 0 Å². The molecule has 0 aliphatic carbocycles. The number of hydrogen-bond acceptors (Lipinski definition) is 1. The third-order valence-corrected chi connectivity index (χ3v) is 3.49. The SMILES string of the molecule is CCCCCCCCCCCCCCCC(=O)O.[Ni].[Ni]. The molecule has 0 rings (SSSR count). The summed E-state index contributed by atoms with van der Waals surface area (Å²) in [6.07, 6.45) is 17.3. The predicted molar refractivity (Wildman–Crippen MR) is 77.9 cm³/mol. The molecule has 0 unspecified atom stereocenters. The molecule has 0 saturated carbocycles. The van der Waals surface area contributed by atoms with Gasteiger partial charge in [0.1, 0.15) is 0 Å². The van der Waals surface area contributed by atoms with Gasteiger partial charge < -0.3 is 5.11 Å². The van der Waals surface area contributed by atoms with Gasteiger partial charge in [-0.3, -0.25) is 4.79 Å². The van der Waals surface area contributed by atoms with Crippen molar-refractivity contribution in [1.82, 2.24) is 0 Å². The molecule has 0 aliphatic rings. The van der Waals surface area contributed by atoms with Crippen molar-refractivity contribution in [1.29, 1.82) is 0 Å². The van der Waals surface area contributed by atoms with Crippen LogP contribution in [0.2, 0.25) is 0 Å². The van der Waals surface area contributed by atoms with Crippen LogP contribution in [0.4, 0.5) is 0 Å². The zero-order valence-electron chi connectivity index (χ0n) is 12.9. The molecule has 0 bridgehead atoms. The summed E-state index contributed by atoms with van der Waals surface area (Å²) in [6.45, 7) is 2.26. The molecular formula is C16H32Ni2O2. The van der Waals surface area contributed by atoms with Crippen molar-refractivity contribution >= 4 is 5.97 Å². The molecule has 0 fully saturated rings. The molecule has 2 nitrogen and oxygen atoms in total. The van der Waals surface area contributed by atoms with E-state index in [-0.39, 0.29) is 33.0 Å². The van der Waals surface area contributed by atoms with Crippen molar-refractivity contribution in [2.75, 3.05) is 0 Å². The summed E-state index contributed by atoms with van der Waals surface area (Å²) in [5, 5.41) is 8.49. The van der Waals surface area contributed by atoms with Gasteiger partial charge >= 0.3 is 5.97 Å². The minimum atomic E-state index is -0.655. The molecule has 0 heterocycles. The number of carbonyl (C=O) groups is 1. The maximum Gasteiger partial charge on any atom is 0.303 e. The number of unbranched alkanes of at least 4 members (excludes halogenated alkanes) is 12. The fraction of sp³-hybridized carbons (Fsp3) is 0.938. The second-order valence-corrected chi connectivity index (χ2v) is 5.39. The van der Waals surface area contributed by atoms with Crippen LogP contribution in [0.25, 0.3) is 0 Å². The van der Waals surface area contributed by atoms with Gasteiger partial charge in [0.15, 0.2) is 0 Å². The molecule has 0 spiro atoms. The molecule has 0 radical (unpaired) electrons. The number of carboxylic acid groups (broad SMARTS) is 1. The maximum atomic E-state index is 10.3. The van der Waals surface area contributed by atoms with E-state index in [0.29, 0.717) is 6.42 Å². The van der Waals surface area contributed by atoms with Gasteiger partial charge in [-0.05, 0) is 6.42 Å². The van der Waals surface area contributed by atoms with Crippen molar-refractivity contribution in [3.8, 4) is 0 Å². The molecular weight excluding hydrogens is 342 g/mol. The van der Waals surface area contributed by atoms with Gasteiger partial charge in [0, 0.05) is 39.4 Å². The molecule has 0 aromatic rings. The maximum absolute atomic E-state index is 10.3. The van der Waals surface area contributed by atoms with Crippen LogP contribution >= 0.6 is 0 Å². The Balaban J connectivity index is -0.00000144. The summed E-state index contributed by atoms with van der Waals surface area (Å²) in [5.41, 5.74) is 0. The van der Waals surface area contributed by atoms with E-state index in [2.05, 4.69) is 6.92 Å². The average molecular weight is 374 g/mol. The monoisotopic (exact) mass is 372 g/mol. The van der Waals surface area contributed by atoms with E-state index in [9.17, 15) is 4.79 Å². The Hall–Kier alpha value is 0.457. The minimum Gasteiger partial charge on any atom is -0.481 e. The van der Waals surface area contributed by atoms with Gasteiger partial charge in [0.05, 0.1) is 0 Å². The largest absolute Gasteiger partial charge is 0.481 e. The number of hydrogen-bond donors (Lipinski definition) is 1. The summed E-state index contributed by atoms with van der Waals surface area (Å²) < 4.78 is 0. The quantitative estimate of drug-likeness (QED) is 0.320. The molecule has 0 aromatic heterocycles. The predicted octanol–water partition coefficient (Wildman–Crippen LogP) is 5.55. The Morgan fingerprint density at radius 2 is 0.950 bits per heavy atom. The molecule has 0 aliphatic heterocycles. The summed E-state index contributed by atoms with van der Waals surface area (Å²) >= 11 is 0. The molecule has 1 N–H and O–H groups in total. The van der Waals surface area contributed by atoms with Gasteiger partial charge in [-0.1, -0.05) is 84.0 Å². The normalized spacial score (nSPS) is 9.65. The number of rotatable bonds is 14. The van der Waals surface area contributed by atoms with Gasteiger partial charge in [0.25, 0.3) is 0 Å². The Kier molecular flexibility index (Phi) is 27.6. The van der Waals surface area contributed by atoms with Crippen molar-refractivity contribution in [3.63, 3.8) is 0 Å². The second-order valence-electron chi connectivity index (χ2n) is 5.39. The third-order valence-electron chi connectivity index (χ3n) is 3.49. The van der Waals surface area contributed by atoms with Crippen LogP contribution < -0.4 is 0 Å². The van der Waals surface area contributed by atoms with Crippen LogP contribution in [0.1, 0.15) is 96.8 Å². The fourth-order valence-electron chi connectivity index (χ4n) is 2.29. The Morgan fingerprint density at radius 1 is 0.650 bits per heavy atom. The summed E-state index contributed by atoms with van der Waals surface area (Å²) in [6, 6.07) is 0. The minimum absolute atomic E-state index is 0. The summed E-state index contributed by atoms with van der Waals surface area (Å²) in [5.74, 6) is -0.655. The van der Waals surface area contributed by atoms with E-state index >= 15 is 0 Å². The van der Waals surface area contributed by atoms with E-state index in [4.69, 9.17) is 5.11 Å². The van der Waals surface area contributed by atoms with Crippen LogP contribution in [0.3, 0.4) is 0 Å². The first-order chi connectivity index (χ1) is 8.77. The van der Waals surface area contributed by atoms with E-state index in [1.807, 2.05) is 0 Å². The van der Waals surface area contributed by atoms with Crippen molar-refractivity contribution in [2.45, 2.75) is 96.8 Å². The third kappa shape index (κ3) is 23.5. The zero-order chi connectivity index (χ0) is 13.5. The summed E-state index contributed by atoms with van der Waals surface area (Å²) in [7, 11) is 0. The summed E-state index contributed by atoms with van der Waals surface area (Å²) in [4.78, 5) is 10.3. The van der Waals surface area contributed by atoms with E-state index in [0.717, 1.165) is 12.8 Å². The Bertz CT molecular complexity index is 187. The molecule has 0 atom stereocenters. The topological polar surface area (TPSA) is 37.3 Å². The van der Waals surface area contributed by atoms with E-state index in [1.54, 1.807) is 0 Å². The zero-order valence-corrected chi connectivity index (χ0v) is 14.9. The van der Waals surface area contributed by atoms with E-state index < -0.39 is 5.97 Å². The molecule has 4 heteroatoms. The first-order valence-corrected chi connectivity index (χ1v) is 7.99. The van der Waals surface area contributed by atoms with Crippen LogP contribution in [-0.2, 0) is 37.8 Å². The number of aliphatic carboxylic acids is 1. The van der Waals surface area contributed by atoms with Crippen LogP contribution in [0.15, 0.2) is 0 Å². The first kappa shape index (κ1) is 25.4. The van der Waals surface area contributed by atoms with Crippen LogP contribution in [0.5, 0.6) is 0 Å². The van der Waals surface area contributed by atoms with Crippen molar-refractivity contribution < 1.29 is 42.9 Å². The van der Waals surface area contributed by atoms with Crippen LogP contribution in [0, 0.1) is 0 Å². The standard InChI is InChI=1S/C16H32O2.2Ni/c1-2-3-4-5-6-7-8-9-10-11-12-13-14-15-16(17)18;;/h2-15H2,1H3,(H,17,18);;. The van der Waals surface area contributed by atoms with Crippen molar-refractivity contribution in [3.05, 3.63) is 0 Å². The van der Waals surface area contributed by atoms with Crippen LogP contribution in [-0.4, -0.2) is 11.1 Å². The van der Waals surface area contributed by atoms with Crippen molar-refractivity contribution in [2.24, 2.45) is 0 Å². The molecule has 0 aromatic carbocycles. The first-order valence-electron chi connectivity index (χ1n) is 7.99. The second kappa shape index (κ2) is 21.7. The Labute approximate surface area is 145 Å². The fourth-order valence-corrected chi connectivity index (χ4v) is 2.29. The number of carboxylic acids is 1. The molecule has 128 valence electrons. The van der Waals surface area contributed by atoms with E-state index in [1.165, 1.54) is 70.6 Å². The molecule has 20 heavy (non-hydrogen) atoms. The van der Waals surface area contributed by atoms with Gasteiger partial charge in [0.2, 0.25) is 0 Å². The average Bonchev–Trinajstić information content (AvgIpc) is 2.34. The Morgan fingerprint density at radius 3 is 1.25 bits per heavy atom. The molecule has 0 amide bonds.